The summed E-state index contributed by atoms with van der Waals surface area (Å²) in [5.41, 5.74) is 6.18. The van der Waals surface area contributed by atoms with E-state index in [9.17, 15) is 19.5 Å². The predicted octanol–water partition coefficient (Wildman–Crippen LogP) is 5.94. The van der Waals surface area contributed by atoms with Crippen molar-refractivity contribution in [2.75, 3.05) is 31.2 Å². The lowest BCUT2D eigenvalue weighted by Crippen LogP contribution is -2.57. The van der Waals surface area contributed by atoms with Crippen LogP contribution in [-0.4, -0.2) is 70.8 Å². The summed E-state index contributed by atoms with van der Waals surface area (Å²) >= 11 is 0. The summed E-state index contributed by atoms with van der Waals surface area (Å²) in [6.45, 7) is 5.22. The molecular formula is C44H50N4O7. The van der Waals surface area contributed by atoms with E-state index in [2.05, 4.69) is 39.5 Å². The maximum atomic E-state index is 13.3. The fraction of sp³-hybridized carbons (Fsp3) is 0.386. The lowest BCUT2D eigenvalue weighted by atomic mass is 9.84. The molecule has 3 aliphatic heterocycles. The van der Waals surface area contributed by atoms with Crippen LogP contribution in [-0.2, 0) is 37.0 Å². The van der Waals surface area contributed by atoms with Crippen molar-refractivity contribution in [3.63, 3.8) is 0 Å². The van der Waals surface area contributed by atoms with Gasteiger partial charge in [-0.3, -0.25) is 14.4 Å². The molecule has 4 aromatic rings. The van der Waals surface area contributed by atoms with Gasteiger partial charge in [0, 0.05) is 56.2 Å². The molecule has 0 aromatic heterocycles. The van der Waals surface area contributed by atoms with E-state index < -0.39 is 17.8 Å². The van der Waals surface area contributed by atoms with E-state index in [4.69, 9.17) is 14.6 Å². The highest BCUT2D eigenvalue weighted by Gasteiger charge is 2.51. The number of benzene rings is 4. The fourth-order valence-electron chi connectivity index (χ4n) is 8.18. The molecule has 3 heterocycles. The van der Waals surface area contributed by atoms with Crippen LogP contribution in [0.15, 0.2) is 103 Å². The molecule has 0 unspecified atom stereocenters. The average molecular weight is 747 g/mol. The first-order chi connectivity index (χ1) is 26.7. The maximum Gasteiger partial charge on any atom is 0.303 e. The molecule has 288 valence electrons. The van der Waals surface area contributed by atoms with Gasteiger partial charge < -0.3 is 40.1 Å². The van der Waals surface area contributed by atoms with Gasteiger partial charge in [0.05, 0.1) is 25.5 Å². The molecule has 0 radical (unpaired) electrons. The Hall–Kier alpha value is -5.07. The van der Waals surface area contributed by atoms with Gasteiger partial charge in [-0.15, -0.1) is 0 Å². The Kier molecular flexibility index (Phi) is 11.9. The number of aliphatic hydroxyl groups is 1. The predicted molar refractivity (Wildman–Crippen MR) is 209 cm³/mol. The van der Waals surface area contributed by atoms with E-state index in [1.807, 2.05) is 91.0 Å². The van der Waals surface area contributed by atoms with Crippen LogP contribution < -0.4 is 15.5 Å². The molecule has 3 saturated heterocycles. The second-order valence-electron chi connectivity index (χ2n) is 14.9. The van der Waals surface area contributed by atoms with E-state index in [0.717, 1.165) is 65.0 Å². The van der Waals surface area contributed by atoms with E-state index in [0.29, 0.717) is 26.2 Å². The smallest absolute Gasteiger partial charge is 0.303 e. The Morgan fingerprint density at radius 1 is 0.873 bits per heavy atom. The molecule has 4 N–H and O–H groups in total. The molecule has 1 spiro atoms. The van der Waals surface area contributed by atoms with Crippen LogP contribution in [0.5, 0.6) is 0 Å². The Morgan fingerprint density at radius 2 is 1.56 bits per heavy atom. The number of anilines is 1. The van der Waals surface area contributed by atoms with Gasteiger partial charge in [0.1, 0.15) is 5.54 Å². The summed E-state index contributed by atoms with van der Waals surface area (Å²) in [4.78, 5) is 41.2. The molecule has 55 heavy (non-hydrogen) atoms. The standard InChI is InChI=1S/C44H50N4O7/c1-30-38(27-47-24-22-44(23-25-47)43(53)46-29-48(44)36-9-3-2-4-10-36)54-42(55-41(30)33-16-14-31(28-49)15-17-33)34-20-18-32(19-21-34)37-11-6-5-8-35(37)26-45-39(50)12-7-13-40(51)52/h2-6,8-11,14-21,30,38,41-42,49H,7,12-13,22-29H2,1H3,(H,45,50)(H,46,53)(H,51,52)/t30-,38+,41+,42+/m1/s1. The number of ether oxygens (including phenoxy) is 2. The van der Waals surface area contributed by atoms with Crippen LogP contribution in [0.3, 0.4) is 0 Å². The second-order valence-corrected chi connectivity index (χ2v) is 14.9. The highest BCUT2D eigenvalue weighted by Crippen LogP contribution is 2.43. The van der Waals surface area contributed by atoms with Gasteiger partial charge in [-0.25, -0.2) is 0 Å². The summed E-state index contributed by atoms with van der Waals surface area (Å²) in [5.74, 6) is -0.964. The van der Waals surface area contributed by atoms with Crippen molar-refractivity contribution in [3.8, 4) is 11.1 Å². The molecule has 0 bridgehead atoms. The maximum absolute atomic E-state index is 13.3. The summed E-state index contributed by atoms with van der Waals surface area (Å²) in [6, 6.07) is 34.1. The highest BCUT2D eigenvalue weighted by molar-refractivity contribution is 5.93. The number of hydrogen-bond donors (Lipinski definition) is 4. The molecule has 11 heteroatoms. The molecule has 4 atom stereocenters. The van der Waals surface area contributed by atoms with Crippen LogP contribution in [0, 0.1) is 5.92 Å². The van der Waals surface area contributed by atoms with Crippen molar-refractivity contribution >= 4 is 23.5 Å². The van der Waals surface area contributed by atoms with Crippen molar-refractivity contribution in [2.24, 2.45) is 5.92 Å². The van der Waals surface area contributed by atoms with E-state index in [1.54, 1.807) is 0 Å². The number of likely N-dealkylation sites (tertiary alicyclic amines) is 1. The van der Waals surface area contributed by atoms with Gasteiger partial charge in [-0.2, -0.15) is 0 Å². The van der Waals surface area contributed by atoms with Gasteiger partial charge in [0.25, 0.3) is 0 Å². The Balaban J connectivity index is 1.06. The average Bonchev–Trinajstić information content (AvgIpc) is 3.53. The van der Waals surface area contributed by atoms with Gasteiger partial charge in [-0.05, 0) is 59.2 Å². The zero-order valence-electron chi connectivity index (χ0n) is 31.2. The lowest BCUT2D eigenvalue weighted by Gasteiger charge is -2.46. The number of para-hydroxylation sites is 1. The number of nitrogens with zero attached hydrogens (tertiary/aromatic N) is 2. The normalized spacial score (nSPS) is 22.4. The minimum Gasteiger partial charge on any atom is -0.481 e. The van der Waals surface area contributed by atoms with Gasteiger partial charge in [-0.1, -0.05) is 97.9 Å². The first kappa shape index (κ1) is 38.2. The summed E-state index contributed by atoms with van der Waals surface area (Å²) in [6.07, 6.45) is 0.848. The van der Waals surface area contributed by atoms with Crippen LogP contribution in [0.2, 0.25) is 0 Å². The molecular weight excluding hydrogens is 697 g/mol. The van der Waals surface area contributed by atoms with Gasteiger partial charge in [0.15, 0.2) is 6.29 Å². The largest absolute Gasteiger partial charge is 0.481 e. The number of carbonyl (C=O) groups excluding carboxylic acids is 2. The number of piperidine rings is 1. The lowest BCUT2D eigenvalue weighted by molar-refractivity contribution is -0.276. The topological polar surface area (TPSA) is 141 Å². The number of carbonyl (C=O) groups is 3. The molecule has 3 fully saturated rings. The quantitative estimate of drug-likeness (QED) is 0.131. The van der Waals surface area contributed by atoms with E-state index in [-0.39, 0.29) is 49.4 Å². The minimum atomic E-state index is -0.908. The monoisotopic (exact) mass is 746 g/mol. The summed E-state index contributed by atoms with van der Waals surface area (Å²) in [5, 5.41) is 24.6. The zero-order chi connectivity index (χ0) is 38.4. The van der Waals surface area contributed by atoms with Crippen molar-refractivity contribution in [1.82, 2.24) is 15.5 Å². The summed E-state index contributed by atoms with van der Waals surface area (Å²) in [7, 11) is 0. The molecule has 3 aliphatic rings. The zero-order valence-corrected chi connectivity index (χ0v) is 31.2. The third kappa shape index (κ3) is 8.60. The number of amides is 2. The third-order valence-corrected chi connectivity index (χ3v) is 11.4. The number of nitrogens with one attached hydrogen (secondary N) is 2. The number of hydrogen-bond acceptors (Lipinski definition) is 8. The van der Waals surface area contributed by atoms with Crippen molar-refractivity contribution in [1.29, 1.82) is 0 Å². The molecule has 11 nitrogen and oxygen atoms in total. The van der Waals surface area contributed by atoms with Crippen molar-refractivity contribution < 1.29 is 34.1 Å². The Labute approximate surface area is 322 Å². The number of aliphatic carboxylic acids is 1. The van der Waals surface area contributed by atoms with E-state index in [1.165, 1.54) is 0 Å². The second kappa shape index (κ2) is 17.2. The van der Waals surface area contributed by atoms with Crippen LogP contribution in [0.25, 0.3) is 11.1 Å². The molecule has 2 amide bonds. The number of carboxylic acid groups (broad SMARTS) is 1. The number of aliphatic hydroxyl groups excluding tert-OH is 1. The Bertz CT molecular complexity index is 1930. The number of rotatable bonds is 13. The first-order valence-corrected chi connectivity index (χ1v) is 19.2. The van der Waals surface area contributed by atoms with Gasteiger partial charge in [0.2, 0.25) is 11.8 Å². The minimum absolute atomic E-state index is 0.0215. The van der Waals surface area contributed by atoms with Crippen molar-refractivity contribution in [3.05, 3.63) is 125 Å². The SMILES string of the molecule is C[C@@H]1[C@H](CN2CCC3(CC2)C(=O)NCN3c2ccccc2)O[C@H](c2ccc(-c3ccccc3CNC(=O)CCCC(=O)O)cc2)O[C@@H]1c1ccc(CO)cc1. The van der Waals surface area contributed by atoms with Crippen molar-refractivity contribution in [2.45, 2.75) is 76.2 Å². The first-order valence-electron chi connectivity index (χ1n) is 19.2. The third-order valence-electron chi connectivity index (χ3n) is 11.4. The number of carboxylic acids is 1. The molecule has 4 aromatic carbocycles. The van der Waals surface area contributed by atoms with Crippen LogP contribution in [0.1, 0.15) is 73.7 Å². The molecule has 0 aliphatic carbocycles. The van der Waals surface area contributed by atoms with E-state index >= 15 is 0 Å². The molecule has 0 saturated carbocycles. The van der Waals surface area contributed by atoms with Crippen LogP contribution >= 0.6 is 0 Å². The molecule has 7 rings (SSSR count). The summed E-state index contributed by atoms with van der Waals surface area (Å²) < 4.78 is 13.6. The Morgan fingerprint density at radius 3 is 2.27 bits per heavy atom. The highest BCUT2D eigenvalue weighted by atomic mass is 16.7. The van der Waals surface area contributed by atoms with Crippen LogP contribution in [0.4, 0.5) is 5.69 Å². The fourth-order valence-corrected chi connectivity index (χ4v) is 8.18. The van der Waals surface area contributed by atoms with Gasteiger partial charge >= 0.3 is 5.97 Å².